The predicted molar refractivity (Wildman–Crippen MR) is 98.6 cm³/mol. The third-order valence-corrected chi connectivity index (χ3v) is 4.41. The molecule has 130 valence electrons. The van der Waals surface area contributed by atoms with Crippen molar-refractivity contribution in [3.63, 3.8) is 0 Å². The third kappa shape index (κ3) is 4.38. The number of benzene rings is 2. The minimum absolute atomic E-state index is 0.0270. The Labute approximate surface area is 148 Å². The highest BCUT2D eigenvalue weighted by Gasteiger charge is 2.19. The lowest BCUT2D eigenvalue weighted by Gasteiger charge is -2.17. The minimum Gasteiger partial charge on any atom is -0.339 e. The fourth-order valence-corrected chi connectivity index (χ4v) is 3.02. The van der Waals surface area contributed by atoms with Crippen LogP contribution in [0.1, 0.15) is 41.7 Å². The number of carbonyl (C=O) groups is 2. The Kier molecular flexibility index (Phi) is 5.33. The molecule has 25 heavy (non-hydrogen) atoms. The lowest BCUT2D eigenvalue weighted by molar-refractivity contribution is 0.0793. The first-order chi connectivity index (χ1) is 12.1. The lowest BCUT2D eigenvalue weighted by atomic mass is 10.1. The molecular weight excluding hydrogens is 314 g/mol. The summed E-state index contributed by atoms with van der Waals surface area (Å²) < 4.78 is 0. The number of urea groups is 1. The van der Waals surface area contributed by atoms with Gasteiger partial charge in [-0.15, -0.1) is 0 Å². The van der Waals surface area contributed by atoms with Gasteiger partial charge in [0.2, 0.25) is 0 Å². The summed E-state index contributed by atoms with van der Waals surface area (Å²) in [6.45, 7) is 3.55. The van der Waals surface area contributed by atoms with Gasteiger partial charge in [-0.3, -0.25) is 4.79 Å². The van der Waals surface area contributed by atoms with E-state index in [4.69, 9.17) is 0 Å². The second-order valence-corrected chi connectivity index (χ2v) is 6.31. The molecule has 1 atom stereocenters. The predicted octanol–water partition coefficient (Wildman–Crippen LogP) is 3.81. The Morgan fingerprint density at radius 2 is 1.72 bits per heavy atom. The number of amides is 3. The molecule has 1 unspecified atom stereocenters. The maximum absolute atomic E-state index is 12.4. The van der Waals surface area contributed by atoms with Crippen LogP contribution in [-0.2, 0) is 0 Å². The zero-order valence-corrected chi connectivity index (χ0v) is 14.4. The highest BCUT2D eigenvalue weighted by atomic mass is 16.2. The summed E-state index contributed by atoms with van der Waals surface area (Å²) in [7, 11) is 0. The van der Waals surface area contributed by atoms with Crippen molar-refractivity contribution in [2.75, 3.05) is 18.4 Å². The molecule has 1 aliphatic rings. The SMILES string of the molecule is CC(NC(=O)Nc1cccc(C(=O)N2CCCC2)c1)c1ccccc1. The van der Waals surface area contributed by atoms with E-state index in [2.05, 4.69) is 10.6 Å². The van der Waals surface area contributed by atoms with E-state index in [0.29, 0.717) is 11.3 Å². The molecule has 0 aromatic heterocycles. The van der Waals surface area contributed by atoms with Crippen molar-refractivity contribution in [1.29, 1.82) is 0 Å². The monoisotopic (exact) mass is 337 g/mol. The molecule has 1 heterocycles. The zero-order valence-electron chi connectivity index (χ0n) is 14.4. The Morgan fingerprint density at radius 1 is 1.00 bits per heavy atom. The van der Waals surface area contributed by atoms with Crippen molar-refractivity contribution in [3.05, 3.63) is 65.7 Å². The summed E-state index contributed by atoms with van der Waals surface area (Å²) in [6.07, 6.45) is 2.12. The Bertz CT molecular complexity index is 740. The van der Waals surface area contributed by atoms with Gasteiger partial charge in [-0.1, -0.05) is 36.4 Å². The smallest absolute Gasteiger partial charge is 0.319 e. The van der Waals surface area contributed by atoms with Crippen molar-refractivity contribution in [2.24, 2.45) is 0 Å². The van der Waals surface area contributed by atoms with Crippen LogP contribution in [0.3, 0.4) is 0 Å². The van der Waals surface area contributed by atoms with Crippen molar-refractivity contribution >= 4 is 17.6 Å². The first kappa shape index (κ1) is 17.0. The van der Waals surface area contributed by atoms with Crippen LogP contribution in [0.25, 0.3) is 0 Å². The summed E-state index contributed by atoms with van der Waals surface area (Å²) in [5.41, 5.74) is 2.26. The molecule has 0 spiro atoms. The normalized spacial score (nSPS) is 14.8. The molecule has 0 aliphatic carbocycles. The minimum atomic E-state index is -0.290. The van der Waals surface area contributed by atoms with E-state index in [0.717, 1.165) is 31.5 Å². The molecule has 0 bridgehead atoms. The summed E-state index contributed by atoms with van der Waals surface area (Å²) in [6, 6.07) is 16.5. The molecule has 1 saturated heterocycles. The van der Waals surface area contributed by atoms with E-state index in [9.17, 15) is 9.59 Å². The Balaban J connectivity index is 1.61. The van der Waals surface area contributed by atoms with E-state index in [1.165, 1.54) is 0 Å². The average Bonchev–Trinajstić information content (AvgIpc) is 3.16. The second-order valence-electron chi connectivity index (χ2n) is 6.31. The van der Waals surface area contributed by atoms with Gasteiger partial charge in [0.15, 0.2) is 0 Å². The van der Waals surface area contributed by atoms with Crippen molar-refractivity contribution in [1.82, 2.24) is 10.2 Å². The van der Waals surface area contributed by atoms with Gasteiger partial charge in [-0.2, -0.15) is 0 Å². The Morgan fingerprint density at radius 3 is 2.44 bits per heavy atom. The summed E-state index contributed by atoms with van der Waals surface area (Å²) in [5, 5.41) is 5.71. The van der Waals surface area contributed by atoms with Gasteiger partial charge in [0.05, 0.1) is 6.04 Å². The quantitative estimate of drug-likeness (QED) is 0.891. The van der Waals surface area contributed by atoms with Crippen LogP contribution in [0.2, 0.25) is 0 Å². The van der Waals surface area contributed by atoms with Crippen LogP contribution < -0.4 is 10.6 Å². The fourth-order valence-electron chi connectivity index (χ4n) is 3.02. The summed E-state index contributed by atoms with van der Waals surface area (Å²) in [5.74, 6) is 0.0270. The van der Waals surface area contributed by atoms with E-state index in [-0.39, 0.29) is 18.0 Å². The van der Waals surface area contributed by atoms with Gasteiger partial charge >= 0.3 is 6.03 Å². The van der Waals surface area contributed by atoms with Crippen molar-refractivity contribution < 1.29 is 9.59 Å². The summed E-state index contributed by atoms with van der Waals surface area (Å²) >= 11 is 0. The van der Waals surface area contributed by atoms with Crippen LogP contribution in [0.5, 0.6) is 0 Å². The van der Waals surface area contributed by atoms with Gasteiger partial charge in [0, 0.05) is 24.3 Å². The molecular formula is C20H23N3O2. The van der Waals surface area contributed by atoms with Crippen LogP contribution in [0, 0.1) is 0 Å². The molecule has 1 fully saturated rings. The van der Waals surface area contributed by atoms with Crippen molar-refractivity contribution in [2.45, 2.75) is 25.8 Å². The molecule has 2 aromatic carbocycles. The topological polar surface area (TPSA) is 61.4 Å². The number of hydrogen-bond donors (Lipinski definition) is 2. The molecule has 3 rings (SSSR count). The standard InChI is InChI=1S/C20H23N3O2/c1-15(16-8-3-2-4-9-16)21-20(25)22-18-11-7-10-17(14-18)19(24)23-12-5-6-13-23/h2-4,7-11,14-15H,5-6,12-13H2,1H3,(H2,21,22,25). The molecule has 5 nitrogen and oxygen atoms in total. The number of nitrogens with zero attached hydrogens (tertiary/aromatic N) is 1. The summed E-state index contributed by atoms with van der Waals surface area (Å²) in [4.78, 5) is 26.5. The fraction of sp³-hybridized carbons (Fsp3) is 0.300. The maximum atomic E-state index is 12.4. The van der Waals surface area contributed by atoms with Crippen LogP contribution in [-0.4, -0.2) is 29.9 Å². The first-order valence-corrected chi connectivity index (χ1v) is 8.65. The van der Waals surface area contributed by atoms with Crippen LogP contribution in [0.4, 0.5) is 10.5 Å². The van der Waals surface area contributed by atoms with E-state index in [1.54, 1.807) is 24.3 Å². The molecule has 1 aliphatic heterocycles. The number of rotatable bonds is 4. The molecule has 2 N–H and O–H groups in total. The third-order valence-electron chi connectivity index (χ3n) is 4.41. The van der Waals surface area contributed by atoms with Gasteiger partial charge in [0.1, 0.15) is 0 Å². The number of nitrogens with one attached hydrogen (secondary N) is 2. The number of hydrogen-bond acceptors (Lipinski definition) is 2. The zero-order chi connectivity index (χ0) is 17.6. The molecule has 2 aromatic rings. The van der Waals surface area contributed by atoms with Crippen LogP contribution in [0.15, 0.2) is 54.6 Å². The second kappa shape index (κ2) is 7.83. The highest BCUT2D eigenvalue weighted by molar-refractivity contribution is 5.97. The van der Waals surface area contributed by atoms with Crippen LogP contribution >= 0.6 is 0 Å². The van der Waals surface area contributed by atoms with E-state index >= 15 is 0 Å². The van der Waals surface area contributed by atoms with Gasteiger partial charge in [0.25, 0.3) is 5.91 Å². The van der Waals surface area contributed by atoms with Gasteiger partial charge < -0.3 is 15.5 Å². The number of anilines is 1. The largest absolute Gasteiger partial charge is 0.339 e. The van der Waals surface area contributed by atoms with Gasteiger partial charge in [-0.25, -0.2) is 4.79 Å². The molecule has 5 heteroatoms. The molecule has 0 radical (unpaired) electrons. The maximum Gasteiger partial charge on any atom is 0.319 e. The van der Waals surface area contributed by atoms with Crippen molar-refractivity contribution in [3.8, 4) is 0 Å². The first-order valence-electron chi connectivity index (χ1n) is 8.65. The average molecular weight is 337 g/mol. The van der Waals surface area contributed by atoms with E-state index in [1.807, 2.05) is 42.2 Å². The molecule has 3 amide bonds. The highest BCUT2D eigenvalue weighted by Crippen LogP contribution is 2.17. The van der Waals surface area contributed by atoms with E-state index < -0.39 is 0 Å². The van der Waals surface area contributed by atoms with Gasteiger partial charge in [-0.05, 0) is 43.5 Å². The lowest BCUT2D eigenvalue weighted by Crippen LogP contribution is -2.31. The molecule has 0 saturated carbocycles. The number of likely N-dealkylation sites (tertiary alicyclic amines) is 1. The Hall–Kier alpha value is -2.82. The number of carbonyl (C=O) groups excluding carboxylic acids is 2.